The Morgan fingerprint density at radius 2 is 1.69 bits per heavy atom. The molecule has 3 nitrogen and oxygen atoms in total. The average Bonchev–Trinajstić information content (AvgIpc) is 2.18. The van der Waals surface area contributed by atoms with E-state index in [0.29, 0.717) is 5.39 Å². The Morgan fingerprint density at radius 1 is 1.00 bits per heavy atom. The first-order valence-corrected chi connectivity index (χ1v) is 7.80. The molecule has 84 valence electrons. The van der Waals surface area contributed by atoms with Crippen molar-refractivity contribution in [3.63, 3.8) is 0 Å². The SMILES string of the molecule is O=S(=O)([O-])c1ccc(I)c2cccc(I)c12. The van der Waals surface area contributed by atoms with Crippen molar-refractivity contribution in [1.82, 2.24) is 0 Å². The zero-order valence-corrected chi connectivity index (χ0v) is 12.9. The number of fused-ring (bicyclic) bond motifs is 1. The summed E-state index contributed by atoms with van der Waals surface area (Å²) in [5, 5.41) is 1.31. The third kappa shape index (κ3) is 2.20. The van der Waals surface area contributed by atoms with Crippen LogP contribution in [0, 0.1) is 7.14 Å². The molecule has 0 amide bonds. The molecule has 0 aliphatic rings. The molecule has 0 fully saturated rings. The van der Waals surface area contributed by atoms with Crippen LogP contribution in [0.15, 0.2) is 35.2 Å². The molecule has 0 aliphatic heterocycles. The lowest BCUT2D eigenvalue weighted by Gasteiger charge is -2.12. The number of hydrogen-bond acceptors (Lipinski definition) is 3. The minimum absolute atomic E-state index is 0.145. The van der Waals surface area contributed by atoms with Gasteiger partial charge in [0, 0.05) is 12.5 Å². The molecular weight excluding hydrogens is 454 g/mol. The summed E-state index contributed by atoms with van der Waals surface area (Å²) in [7, 11) is -4.43. The first-order chi connectivity index (χ1) is 7.41. The predicted molar refractivity (Wildman–Crippen MR) is 77.3 cm³/mol. The maximum atomic E-state index is 11.1. The average molecular weight is 459 g/mol. The molecule has 0 unspecified atom stereocenters. The molecule has 0 aliphatic carbocycles. The fourth-order valence-corrected chi connectivity index (χ4v) is 3.81. The molecule has 0 heterocycles. The van der Waals surface area contributed by atoms with E-state index in [-0.39, 0.29) is 4.90 Å². The van der Waals surface area contributed by atoms with E-state index in [9.17, 15) is 13.0 Å². The van der Waals surface area contributed by atoms with Gasteiger partial charge in [-0.05, 0) is 68.8 Å². The van der Waals surface area contributed by atoms with E-state index in [0.717, 1.165) is 12.5 Å². The van der Waals surface area contributed by atoms with Gasteiger partial charge in [0.25, 0.3) is 0 Å². The van der Waals surface area contributed by atoms with Gasteiger partial charge in [0.1, 0.15) is 10.1 Å². The summed E-state index contributed by atoms with van der Waals surface area (Å²) in [6.45, 7) is 0. The third-order valence-electron chi connectivity index (χ3n) is 2.17. The lowest BCUT2D eigenvalue weighted by molar-refractivity contribution is 0.464. The van der Waals surface area contributed by atoms with Crippen LogP contribution < -0.4 is 0 Å². The van der Waals surface area contributed by atoms with Crippen LogP contribution >= 0.6 is 45.2 Å². The zero-order chi connectivity index (χ0) is 11.9. The molecule has 0 aromatic heterocycles. The number of benzene rings is 2. The fraction of sp³-hybridized carbons (Fsp3) is 0. The Morgan fingerprint density at radius 3 is 2.31 bits per heavy atom. The summed E-state index contributed by atoms with van der Waals surface area (Å²) in [5.41, 5.74) is 0. The van der Waals surface area contributed by atoms with Gasteiger partial charge < -0.3 is 4.55 Å². The lowest BCUT2D eigenvalue weighted by Crippen LogP contribution is -2.01. The minimum Gasteiger partial charge on any atom is -0.744 e. The maximum absolute atomic E-state index is 11.1. The highest BCUT2D eigenvalue weighted by atomic mass is 127. The van der Waals surface area contributed by atoms with Gasteiger partial charge in [0.15, 0.2) is 0 Å². The largest absolute Gasteiger partial charge is 0.744 e. The Hall–Kier alpha value is 0.0700. The Kier molecular flexibility index (Phi) is 3.44. The van der Waals surface area contributed by atoms with Crippen LogP contribution in [0.2, 0.25) is 0 Å². The van der Waals surface area contributed by atoms with Crippen molar-refractivity contribution in [1.29, 1.82) is 0 Å². The normalized spacial score (nSPS) is 11.9. The molecule has 0 radical (unpaired) electrons. The van der Waals surface area contributed by atoms with Crippen molar-refractivity contribution < 1.29 is 13.0 Å². The standard InChI is InChI=1S/C10H6I2O3S/c11-7-4-5-9(16(13,14)15)10-6(7)2-1-3-8(10)12/h1-5H,(H,13,14,15)/p-1. The molecule has 0 N–H and O–H groups in total. The second-order valence-corrected chi connectivity index (χ2v) is 6.83. The second-order valence-electron chi connectivity index (χ2n) is 3.16. The van der Waals surface area contributed by atoms with Crippen LogP contribution in [0.25, 0.3) is 10.8 Å². The predicted octanol–water partition coefficient (Wildman–Crippen LogP) is 2.95. The van der Waals surface area contributed by atoms with E-state index in [1.807, 2.05) is 34.7 Å². The van der Waals surface area contributed by atoms with Gasteiger partial charge in [-0.15, -0.1) is 0 Å². The Labute approximate surface area is 120 Å². The maximum Gasteiger partial charge on any atom is 0.125 e. The molecule has 0 saturated heterocycles. The number of halogens is 2. The summed E-state index contributed by atoms with van der Waals surface area (Å²) >= 11 is 4.15. The van der Waals surface area contributed by atoms with E-state index < -0.39 is 10.1 Å². The molecule has 2 aromatic carbocycles. The Bertz CT molecular complexity index is 665. The number of rotatable bonds is 1. The van der Waals surface area contributed by atoms with Gasteiger partial charge in [0.2, 0.25) is 0 Å². The first-order valence-electron chi connectivity index (χ1n) is 4.24. The topological polar surface area (TPSA) is 57.2 Å². The van der Waals surface area contributed by atoms with Gasteiger partial charge >= 0.3 is 0 Å². The molecular formula is C10H5I2O3S-. The van der Waals surface area contributed by atoms with E-state index in [2.05, 4.69) is 22.6 Å². The first kappa shape index (κ1) is 12.5. The zero-order valence-electron chi connectivity index (χ0n) is 7.78. The van der Waals surface area contributed by atoms with E-state index in [1.165, 1.54) is 6.07 Å². The van der Waals surface area contributed by atoms with Crippen molar-refractivity contribution in [2.75, 3.05) is 0 Å². The van der Waals surface area contributed by atoms with E-state index in [1.54, 1.807) is 12.1 Å². The number of hydrogen-bond donors (Lipinski definition) is 0. The smallest absolute Gasteiger partial charge is 0.125 e. The van der Waals surface area contributed by atoms with Gasteiger partial charge in [0.05, 0.1) is 4.90 Å². The highest BCUT2D eigenvalue weighted by Gasteiger charge is 2.11. The van der Waals surface area contributed by atoms with Crippen LogP contribution in [0.1, 0.15) is 0 Å². The lowest BCUT2D eigenvalue weighted by atomic mass is 10.1. The van der Waals surface area contributed by atoms with Crippen molar-refractivity contribution in [3.05, 3.63) is 37.5 Å². The van der Waals surface area contributed by atoms with Crippen molar-refractivity contribution in [2.24, 2.45) is 0 Å². The fourth-order valence-electron chi connectivity index (χ4n) is 1.50. The molecule has 6 heteroatoms. The molecule has 0 atom stereocenters. The highest BCUT2D eigenvalue weighted by Crippen LogP contribution is 2.30. The summed E-state index contributed by atoms with van der Waals surface area (Å²) in [5.74, 6) is 0. The summed E-state index contributed by atoms with van der Waals surface area (Å²) in [4.78, 5) is -0.145. The van der Waals surface area contributed by atoms with Gasteiger partial charge in [-0.3, -0.25) is 0 Å². The summed E-state index contributed by atoms with van der Waals surface area (Å²) < 4.78 is 35.1. The molecule has 0 bridgehead atoms. The summed E-state index contributed by atoms with van der Waals surface area (Å²) in [6, 6.07) is 8.45. The minimum atomic E-state index is -4.43. The van der Waals surface area contributed by atoms with E-state index in [4.69, 9.17) is 0 Å². The van der Waals surface area contributed by atoms with Crippen LogP contribution in [-0.2, 0) is 10.1 Å². The highest BCUT2D eigenvalue weighted by molar-refractivity contribution is 14.1. The molecule has 2 aromatic rings. The molecule has 0 saturated carbocycles. The van der Waals surface area contributed by atoms with Crippen LogP contribution in [0.5, 0.6) is 0 Å². The van der Waals surface area contributed by atoms with Crippen LogP contribution in [0.3, 0.4) is 0 Å². The quantitative estimate of drug-likeness (QED) is 0.487. The van der Waals surface area contributed by atoms with Gasteiger partial charge in [-0.25, -0.2) is 8.42 Å². The van der Waals surface area contributed by atoms with Crippen molar-refractivity contribution in [2.45, 2.75) is 4.90 Å². The molecule has 16 heavy (non-hydrogen) atoms. The van der Waals surface area contributed by atoms with Crippen LogP contribution in [0.4, 0.5) is 0 Å². The summed E-state index contributed by atoms with van der Waals surface area (Å²) in [6.07, 6.45) is 0. The van der Waals surface area contributed by atoms with Crippen molar-refractivity contribution >= 4 is 66.1 Å². The van der Waals surface area contributed by atoms with Crippen LogP contribution in [-0.4, -0.2) is 13.0 Å². The monoisotopic (exact) mass is 459 g/mol. The second kappa shape index (κ2) is 4.39. The third-order valence-corrected chi connectivity index (χ3v) is 4.89. The van der Waals surface area contributed by atoms with Gasteiger partial charge in [-0.1, -0.05) is 12.1 Å². The van der Waals surface area contributed by atoms with Gasteiger partial charge in [-0.2, -0.15) is 0 Å². The van der Waals surface area contributed by atoms with E-state index >= 15 is 0 Å². The Balaban J connectivity index is 3.04. The molecule has 0 spiro atoms. The molecule has 2 rings (SSSR count). The van der Waals surface area contributed by atoms with Crippen molar-refractivity contribution in [3.8, 4) is 0 Å².